The molecule has 0 atom stereocenters. The van der Waals surface area contributed by atoms with E-state index in [9.17, 15) is 9.59 Å². The molecule has 0 aliphatic rings. The van der Waals surface area contributed by atoms with Gasteiger partial charge in [-0.2, -0.15) is 0 Å². The van der Waals surface area contributed by atoms with Crippen LogP contribution in [0.3, 0.4) is 0 Å². The first-order valence-electron chi connectivity index (χ1n) is 10.7. The second kappa shape index (κ2) is 8.74. The second-order valence-corrected chi connectivity index (χ2v) is 9.75. The fourth-order valence-corrected chi connectivity index (χ4v) is 4.63. The molecule has 0 spiro atoms. The van der Waals surface area contributed by atoms with Crippen molar-refractivity contribution in [2.75, 3.05) is 6.61 Å². The fraction of sp³-hybridized carbons (Fsp3) is 0.320. The van der Waals surface area contributed by atoms with Gasteiger partial charge in [0, 0.05) is 28.4 Å². The summed E-state index contributed by atoms with van der Waals surface area (Å²) in [6.07, 6.45) is 1.57. The van der Waals surface area contributed by atoms with Gasteiger partial charge in [-0.25, -0.2) is 4.98 Å². The molecule has 6 nitrogen and oxygen atoms in total. The highest BCUT2D eigenvalue weighted by Gasteiger charge is 2.18. The number of pyridine rings is 1. The summed E-state index contributed by atoms with van der Waals surface area (Å²) in [5, 5.41) is 0.642. The predicted octanol–water partition coefficient (Wildman–Crippen LogP) is 4.82. The first-order chi connectivity index (χ1) is 15.2. The molecule has 4 rings (SSSR count). The fourth-order valence-electron chi connectivity index (χ4n) is 3.61. The van der Waals surface area contributed by atoms with Gasteiger partial charge in [0.25, 0.3) is 5.56 Å². The summed E-state index contributed by atoms with van der Waals surface area (Å²) >= 11 is 1.53. The maximum absolute atomic E-state index is 13.6. The van der Waals surface area contributed by atoms with Gasteiger partial charge < -0.3 is 9.72 Å². The SMILES string of the molecule is Cc1cccc(-c2nc3sc(C)c(C)c3c(=O)n2Cc2cc(=O)c(OCC(C)C)c[nH]2)c1. The molecule has 0 fully saturated rings. The van der Waals surface area contributed by atoms with Gasteiger partial charge in [0.2, 0.25) is 5.43 Å². The molecule has 0 bridgehead atoms. The molecular formula is C25H27N3O3S. The van der Waals surface area contributed by atoms with Crippen LogP contribution >= 0.6 is 11.3 Å². The van der Waals surface area contributed by atoms with Crippen molar-refractivity contribution >= 4 is 21.6 Å². The Morgan fingerprint density at radius 1 is 1.16 bits per heavy atom. The largest absolute Gasteiger partial charge is 0.488 e. The summed E-state index contributed by atoms with van der Waals surface area (Å²) < 4.78 is 7.24. The predicted molar refractivity (Wildman–Crippen MR) is 130 cm³/mol. The number of ether oxygens (including phenoxy) is 1. The van der Waals surface area contributed by atoms with Crippen LogP contribution in [0.25, 0.3) is 21.6 Å². The number of nitrogens with zero attached hydrogens (tertiary/aromatic N) is 2. The van der Waals surface area contributed by atoms with Crippen molar-refractivity contribution in [2.24, 2.45) is 5.92 Å². The van der Waals surface area contributed by atoms with Gasteiger partial charge in [0.15, 0.2) is 5.75 Å². The number of aromatic nitrogens is 3. The minimum absolute atomic E-state index is 0.102. The highest BCUT2D eigenvalue weighted by Crippen LogP contribution is 2.29. The van der Waals surface area contributed by atoms with Crippen LogP contribution in [0.15, 0.2) is 46.1 Å². The molecule has 7 heteroatoms. The summed E-state index contributed by atoms with van der Waals surface area (Å²) in [7, 11) is 0. The molecular weight excluding hydrogens is 422 g/mol. The second-order valence-electron chi connectivity index (χ2n) is 8.55. The zero-order valence-electron chi connectivity index (χ0n) is 19.0. The molecule has 0 saturated heterocycles. The van der Waals surface area contributed by atoms with Crippen LogP contribution in [0.1, 0.15) is 35.5 Å². The lowest BCUT2D eigenvalue weighted by atomic mass is 10.1. The van der Waals surface area contributed by atoms with Gasteiger partial charge in [0.1, 0.15) is 10.7 Å². The lowest BCUT2D eigenvalue weighted by molar-refractivity contribution is 0.267. The summed E-state index contributed by atoms with van der Waals surface area (Å²) in [6.45, 7) is 10.7. The third-order valence-electron chi connectivity index (χ3n) is 5.40. The van der Waals surface area contributed by atoms with E-state index in [0.717, 1.165) is 26.4 Å². The highest BCUT2D eigenvalue weighted by molar-refractivity contribution is 7.18. The Morgan fingerprint density at radius 2 is 1.94 bits per heavy atom. The van der Waals surface area contributed by atoms with E-state index in [4.69, 9.17) is 9.72 Å². The molecule has 1 N–H and O–H groups in total. The first-order valence-corrected chi connectivity index (χ1v) is 11.5. The van der Waals surface area contributed by atoms with E-state index in [1.165, 1.54) is 17.4 Å². The molecule has 0 aliphatic heterocycles. The standard InChI is InChI=1S/C25H27N3O3S/c1-14(2)13-31-21-11-26-19(10-20(21)29)12-28-23(18-8-6-7-15(3)9-18)27-24-22(25(28)30)16(4)17(5)32-24/h6-11,14H,12-13H2,1-5H3,(H,26,29). The van der Waals surface area contributed by atoms with Gasteiger partial charge in [-0.05, 0) is 38.3 Å². The van der Waals surface area contributed by atoms with Crippen LogP contribution in [0.2, 0.25) is 0 Å². The van der Waals surface area contributed by atoms with Gasteiger partial charge in [-0.1, -0.05) is 37.6 Å². The number of benzene rings is 1. The lowest BCUT2D eigenvalue weighted by Gasteiger charge is -2.14. The minimum atomic E-state index is -0.207. The Labute approximate surface area is 190 Å². The number of hydrogen-bond acceptors (Lipinski definition) is 5. The molecule has 3 aromatic heterocycles. The third kappa shape index (κ3) is 4.25. The number of hydrogen-bond donors (Lipinski definition) is 1. The van der Waals surface area contributed by atoms with Crippen LogP contribution in [0.4, 0.5) is 0 Å². The molecule has 0 radical (unpaired) electrons. The summed E-state index contributed by atoms with van der Waals surface area (Å²) in [6, 6.07) is 9.44. The average molecular weight is 450 g/mol. The van der Waals surface area contributed by atoms with Crippen molar-refractivity contribution in [1.29, 1.82) is 0 Å². The van der Waals surface area contributed by atoms with Crippen molar-refractivity contribution < 1.29 is 4.74 Å². The lowest BCUT2D eigenvalue weighted by Crippen LogP contribution is -2.25. The van der Waals surface area contributed by atoms with Crippen LogP contribution in [0, 0.1) is 26.7 Å². The third-order valence-corrected chi connectivity index (χ3v) is 6.50. The quantitative estimate of drug-likeness (QED) is 0.458. The highest BCUT2D eigenvalue weighted by atomic mass is 32.1. The van der Waals surface area contributed by atoms with Crippen LogP contribution in [0.5, 0.6) is 5.75 Å². The molecule has 166 valence electrons. The van der Waals surface area contributed by atoms with E-state index in [1.54, 1.807) is 10.8 Å². The Bertz CT molecular complexity index is 1410. The van der Waals surface area contributed by atoms with E-state index in [1.807, 2.05) is 58.9 Å². The zero-order chi connectivity index (χ0) is 23.0. The smallest absolute Gasteiger partial charge is 0.263 e. The summed E-state index contributed by atoms with van der Waals surface area (Å²) in [4.78, 5) is 36.0. The first kappa shape index (κ1) is 22.0. The van der Waals surface area contributed by atoms with E-state index in [0.29, 0.717) is 29.4 Å². The monoisotopic (exact) mass is 449 g/mol. The number of fused-ring (bicyclic) bond motifs is 1. The van der Waals surface area contributed by atoms with Gasteiger partial charge in [-0.15, -0.1) is 11.3 Å². The minimum Gasteiger partial charge on any atom is -0.488 e. The number of aryl methyl sites for hydroxylation is 3. The molecule has 3 heterocycles. The number of H-pyrrole nitrogens is 1. The van der Waals surface area contributed by atoms with Crippen molar-refractivity contribution in [3.05, 3.63) is 78.8 Å². The van der Waals surface area contributed by atoms with E-state index in [2.05, 4.69) is 4.98 Å². The van der Waals surface area contributed by atoms with E-state index in [-0.39, 0.29) is 23.3 Å². The van der Waals surface area contributed by atoms with E-state index < -0.39 is 0 Å². The Hall–Kier alpha value is -3.19. The Morgan fingerprint density at radius 3 is 2.62 bits per heavy atom. The topological polar surface area (TPSA) is 77.0 Å². The maximum atomic E-state index is 13.6. The number of aromatic amines is 1. The van der Waals surface area contributed by atoms with Gasteiger partial charge in [-0.3, -0.25) is 14.2 Å². The molecule has 0 unspecified atom stereocenters. The maximum Gasteiger partial charge on any atom is 0.263 e. The summed E-state index contributed by atoms with van der Waals surface area (Å²) in [5.41, 5.74) is 3.22. The molecule has 32 heavy (non-hydrogen) atoms. The number of rotatable bonds is 6. The Balaban J connectivity index is 1.84. The van der Waals surface area contributed by atoms with Crippen molar-refractivity contribution in [3.63, 3.8) is 0 Å². The molecule has 0 aliphatic carbocycles. The van der Waals surface area contributed by atoms with Gasteiger partial charge in [0.05, 0.1) is 18.5 Å². The summed E-state index contributed by atoms with van der Waals surface area (Å²) in [5.74, 6) is 1.19. The van der Waals surface area contributed by atoms with Crippen molar-refractivity contribution in [2.45, 2.75) is 41.2 Å². The van der Waals surface area contributed by atoms with Gasteiger partial charge >= 0.3 is 0 Å². The van der Waals surface area contributed by atoms with Crippen LogP contribution < -0.4 is 15.7 Å². The molecule has 4 aromatic rings. The van der Waals surface area contributed by atoms with E-state index >= 15 is 0 Å². The number of thiophene rings is 1. The molecule has 1 aromatic carbocycles. The molecule has 0 saturated carbocycles. The zero-order valence-corrected chi connectivity index (χ0v) is 19.8. The van der Waals surface area contributed by atoms with Crippen molar-refractivity contribution in [1.82, 2.24) is 14.5 Å². The average Bonchev–Trinajstić information content (AvgIpc) is 3.03. The number of nitrogens with one attached hydrogen (secondary N) is 1. The normalized spacial score (nSPS) is 11.4. The van der Waals surface area contributed by atoms with Crippen LogP contribution in [-0.2, 0) is 6.54 Å². The van der Waals surface area contributed by atoms with Crippen LogP contribution in [-0.4, -0.2) is 21.1 Å². The van der Waals surface area contributed by atoms with Crippen molar-refractivity contribution in [3.8, 4) is 17.1 Å². The Kier molecular flexibility index (Phi) is 6.02. The molecule has 0 amide bonds.